The molecule has 0 spiro atoms. The lowest BCUT2D eigenvalue weighted by Crippen LogP contribution is -2.45. The van der Waals surface area contributed by atoms with Gasteiger partial charge in [-0.1, -0.05) is 48.5 Å². The van der Waals surface area contributed by atoms with Gasteiger partial charge in [0.25, 0.3) is 0 Å². The number of aryl methyl sites for hydroxylation is 2. The second kappa shape index (κ2) is 10.4. The molecule has 1 fully saturated rings. The van der Waals surface area contributed by atoms with Crippen LogP contribution in [0, 0.1) is 0 Å². The SMILES string of the molecule is Cn1ccc(C(C)(C)Cc2cc(C(C)(C)CC3CN(CCn4cc(C(C)(C)C)cn4)CCO3)n(C)n2)n1. The normalized spacial score (nSPS) is 18.0. The smallest absolute Gasteiger partial charge is 0.0711 e. The van der Waals surface area contributed by atoms with Gasteiger partial charge in [-0.05, 0) is 29.5 Å². The van der Waals surface area contributed by atoms with Crippen molar-refractivity contribution in [2.75, 3.05) is 26.2 Å². The summed E-state index contributed by atoms with van der Waals surface area (Å²) in [7, 11) is 4.04. The average Bonchev–Trinajstić information content (AvgIpc) is 3.52. The van der Waals surface area contributed by atoms with Crippen molar-refractivity contribution in [3.8, 4) is 0 Å². The average molecular weight is 510 g/mol. The van der Waals surface area contributed by atoms with E-state index in [1.807, 2.05) is 24.1 Å². The summed E-state index contributed by atoms with van der Waals surface area (Å²) in [5.74, 6) is 0. The van der Waals surface area contributed by atoms with E-state index in [1.165, 1.54) is 11.3 Å². The van der Waals surface area contributed by atoms with E-state index in [1.54, 1.807) is 0 Å². The highest BCUT2D eigenvalue weighted by Gasteiger charge is 2.33. The summed E-state index contributed by atoms with van der Waals surface area (Å²) in [4.78, 5) is 2.52. The Kier molecular flexibility index (Phi) is 7.73. The topological polar surface area (TPSA) is 65.9 Å². The number of ether oxygens (including phenoxy) is 1. The minimum atomic E-state index is -0.0772. The van der Waals surface area contributed by atoms with Gasteiger partial charge in [-0.25, -0.2) is 0 Å². The molecule has 1 unspecified atom stereocenters. The predicted molar refractivity (Wildman–Crippen MR) is 148 cm³/mol. The van der Waals surface area contributed by atoms with Crippen molar-refractivity contribution >= 4 is 0 Å². The Morgan fingerprint density at radius 3 is 2.41 bits per heavy atom. The Morgan fingerprint density at radius 2 is 1.76 bits per heavy atom. The van der Waals surface area contributed by atoms with Gasteiger partial charge in [-0.2, -0.15) is 15.3 Å². The van der Waals surface area contributed by atoms with Crippen LogP contribution in [-0.2, 0) is 48.0 Å². The zero-order valence-electron chi connectivity index (χ0n) is 24.5. The largest absolute Gasteiger partial charge is 0.376 e. The van der Waals surface area contributed by atoms with E-state index in [0.29, 0.717) is 0 Å². The van der Waals surface area contributed by atoms with Crippen LogP contribution in [0.25, 0.3) is 0 Å². The third-order valence-electron chi connectivity index (χ3n) is 7.76. The first kappa shape index (κ1) is 27.6. The monoisotopic (exact) mass is 509 g/mol. The second-order valence-corrected chi connectivity index (χ2v) is 13.2. The van der Waals surface area contributed by atoms with Gasteiger partial charge in [0.05, 0.1) is 36.8 Å². The maximum absolute atomic E-state index is 6.25. The molecule has 1 saturated heterocycles. The molecule has 0 saturated carbocycles. The van der Waals surface area contributed by atoms with Gasteiger partial charge in [0.2, 0.25) is 0 Å². The zero-order valence-corrected chi connectivity index (χ0v) is 24.5. The Balaban J connectivity index is 1.36. The highest BCUT2D eigenvalue weighted by atomic mass is 16.5. The molecule has 3 aromatic heterocycles. The molecule has 37 heavy (non-hydrogen) atoms. The highest BCUT2D eigenvalue weighted by Crippen LogP contribution is 2.33. The number of rotatable bonds is 9. The van der Waals surface area contributed by atoms with Crippen LogP contribution in [0.4, 0.5) is 0 Å². The van der Waals surface area contributed by atoms with Gasteiger partial charge < -0.3 is 4.74 Å². The van der Waals surface area contributed by atoms with Gasteiger partial charge in [0.1, 0.15) is 0 Å². The quantitative estimate of drug-likeness (QED) is 0.432. The van der Waals surface area contributed by atoms with Crippen LogP contribution < -0.4 is 0 Å². The fraction of sp³-hybridized carbons (Fsp3) is 0.690. The van der Waals surface area contributed by atoms with Crippen LogP contribution >= 0.6 is 0 Å². The maximum atomic E-state index is 6.25. The molecule has 1 atom stereocenters. The number of hydrogen-bond donors (Lipinski definition) is 0. The molecular weight excluding hydrogens is 462 g/mol. The van der Waals surface area contributed by atoms with Crippen molar-refractivity contribution < 1.29 is 4.74 Å². The first-order valence-electron chi connectivity index (χ1n) is 13.6. The van der Waals surface area contributed by atoms with E-state index in [9.17, 15) is 0 Å². The molecule has 204 valence electrons. The van der Waals surface area contributed by atoms with Crippen LogP contribution in [0.5, 0.6) is 0 Å². The number of hydrogen-bond acceptors (Lipinski definition) is 5. The number of nitrogens with zero attached hydrogens (tertiary/aromatic N) is 7. The van der Waals surface area contributed by atoms with Crippen LogP contribution in [0.1, 0.15) is 77.5 Å². The van der Waals surface area contributed by atoms with Crippen molar-refractivity contribution in [1.82, 2.24) is 34.2 Å². The molecular formula is C29H47N7O. The second-order valence-electron chi connectivity index (χ2n) is 13.2. The minimum absolute atomic E-state index is 0.0492. The first-order chi connectivity index (χ1) is 17.2. The summed E-state index contributed by atoms with van der Waals surface area (Å²) in [6, 6.07) is 4.39. The molecule has 0 aromatic carbocycles. The zero-order chi connectivity index (χ0) is 27.0. The van der Waals surface area contributed by atoms with Crippen molar-refractivity contribution in [2.45, 2.75) is 90.2 Å². The van der Waals surface area contributed by atoms with Gasteiger partial charge in [0.15, 0.2) is 0 Å². The molecule has 1 aliphatic rings. The van der Waals surface area contributed by atoms with Crippen molar-refractivity contribution in [2.24, 2.45) is 14.1 Å². The third kappa shape index (κ3) is 6.71. The molecule has 4 heterocycles. The Hall–Kier alpha value is -2.45. The summed E-state index contributed by atoms with van der Waals surface area (Å²) in [5, 5.41) is 14.1. The van der Waals surface area contributed by atoms with E-state index in [-0.39, 0.29) is 22.3 Å². The van der Waals surface area contributed by atoms with Crippen LogP contribution in [-0.4, -0.2) is 66.6 Å². The molecule has 3 aromatic rings. The minimum Gasteiger partial charge on any atom is -0.376 e. The molecule has 0 bridgehead atoms. The molecule has 0 N–H and O–H groups in total. The van der Waals surface area contributed by atoms with Gasteiger partial charge in [0, 0.05) is 69.1 Å². The summed E-state index contributed by atoms with van der Waals surface area (Å²) in [6.07, 6.45) is 8.22. The fourth-order valence-electron chi connectivity index (χ4n) is 5.46. The molecule has 1 aliphatic heterocycles. The number of morpholine rings is 1. The molecule has 0 radical (unpaired) electrons. The predicted octanol–water partition coefficient (Wildman–Crippen LogP) is 4.24. The lowest BCUT2D eigenvalue weighted by molar-refractivity contribution is -0.0416. The van der Waals surface area contributed by atoms with E-state index in [2.05, 4.69) is 98.3 Å². The molecule has 4 rings (SSSR count). The molecule has 0 aliphatic carbocycles. The van der Waals surface area contributed by atoms with E-state index < -0.39 is 0 Å². The van der Waals surface area contributed by atoms with E-state index in [0.717, 1.165) is 57.0 Å². The van der Waals surface area contributed by atoms with E-state index in [4.69, 9.17) is 9.84 Å². The van der Waals surface area contributed by atoms with Crippen LogP contribution in [0.2, 0.25) is 0 Å². The van der Waals surface area contributed by atoms with Crippen LogP contribution in [0.3, 0.4) is 0 Å². The summed E-state index contributed by atoms with van der Waals surface area (Å²) < 4.78 is 12.3. The lowest BCUT2D eigenvalue weighted by Gasteiger charge is -2.37. The maximum Gasteiger partial charge on any atom is 0.0711 e. The number of aromatic nitrogens is 6. The standard InChI is InChI=1S/C29H47N7O/c1-27(2,3)22-19-30-36(20-22)13-12-35-14-15-37-24(21-35)18-29(6,7)26-16-23(31-34(26)9)17-28(4,5)25-10-11-33(8)32-25/h10-11,16,19-20,24H,12-15,17-18,21H2,1-9H3. The van der Waals surface area contributed by atoms with E-state index >= 15 is 0 Å². The summed E-state index contributed by atoms with van der Waals surface area (Å²) in [5.41, 5.74) is 4.76. The first-order valence-corrected chi connectivity index (χ1v) is 13.6. The molecule has 0 amide bonds. The highest BCUT2D eigenvalue weighted by molar-refractivity contribution is 5.23. The Labute approximate surface area is 223 Å². The van der Waals surface area contributed by atoms with Gasteiger partial charge >= 0.3 is 0 Å². The van der Waals surface area contributed by atoms with Crippen molar-refractivity contribution in [3.05, 3.63) is 53.4 Å². The fourth-order valence-corrected chi connectivity index (χ4v) is 5.46. The molecule has 8 heteroatoms. The van der Waals surface area contributed by atoms with Crippen molar-refractivity contribution in [1.29, 1.82) is 0 Å². The van der Waals surface area contributed by atoms with Crippen molar-refractivity contribution in [3.63, 3.8) is 0 Å². The summed E-state index contributed by atoms with van der Waals surface area (Å²) >= 11 is 0. The molecule has 8 nitrogen and oxygen atoms in total. The van der Waals surface area contributed by atoms with Gasteiger partial charge in [-0.3, -0.25) is 18.9 Å². The lowest BCUT2D eigenvalue weighted by atomic mass is 9.81. The third-order valence-corrected chi connectivity index (χ3v) is 7.76. The summed E-state index contributed by atoms with van der Waals surface area (Å²) in [6.45, 7) is 20.4. The van der Waals surface area contributed by atoms with Gasteiger partial charge in [-0.15, -0.1) is 0 Å². The van der Waals surface area contributed by atoms with Crippen LogP contribution in [0.15, 0.2) is 30.7 Å². The Morgan fingerprint density at radius 1 is 1.00 bits per heavy atom. The Bertz CT molecular complexity index is 1180.